The Hall–Kier alpha value is -2.76. The average Bonchev–Trinajstić information content (AvgIpc) is 2.61. The van der Waals surface area contributed by atoms with Gasteiger partial charge in [0.05, 0.1) is 19.0 Å². The molecule has 0 aliphatic rings. The highest BCUT2D eigenvalue weighted by atomic mass is 35.5. The van der Waals surface area contributed by atoms with Crippen molar-refractivity contribution in [1.29, 1.82) is 0 Å². The molecular weight excluding hydrogens is 373 g/mol. The summed E-state index contributed by atoms with van der Waals surface area (Å²) >= 11 is 12.0. The van der Waals surface area contributed by atoms with Gasteiger partial charge in [-0.2, -0.15) is 0 Å². The van der Waals surface area contributed by atoms with Crippen LogP contribution in [0, 0.1) is 0 Å². The molecule has 0 radical (unpaired) electrons. The number of nitrogens with one attached hydrogen (secondary N) is 2. The lowest BCUT2D eigenvalue weighted by Gasteiger charge is -2.09. The fraction of sp³-hybridized carbons (Fsp3) is 0.0526. The Balaban J connectivity index is 1.69. The molecular formula is C19H15Cl2N3O2. The van der Waals surface area contributed by atoms with Crippen LogP contribution in [0.1, 0.15) is 10.5 Å². The second-order valence-corrected chi connectivity index (χ2v) is 6.27. The Morgan fingerprint density at radius 2 is 1.73 bits per heavy atom. The van der Waals surface area contributed by atoms with E-state index in [1.807, 2.05) is 0 Å². The van der Waals surface area contributed by atoms with Crippen LogP contribution in [0.25, 0.3) is 0 Å². The van der Waals surface area contributed by atoms with E-state index in [9.17, 15) is 4.79 Å². The van der Waals surface area contributed by atoms with E-state index in [0.29, 0.717) is 32.9 Å². The van der Waals surface area contributed by atoms with Crippen molar-refractivity contribution < 1.29 is 9.53 Å². The number of carbonyl (C=O) groups is 1. The smallest absolute Gasteiger partial charge is 0.274 e. The van der Waals surface area contributed by atoms with E-state index in [1.165, 1.54) is 0 Å². The van der Waals surface area contributed by atoms with Crippen LogP contribution in [0.15, 0.2) is 60.8 Å². The lowest BCUT2D eigenvalue weighted by molar-refractivity contribution is 0.102. The quantitative estimate of drug-likeness (QED) is 0.615. The van der Waals surface area contributed by atoms with Crippen LogP contribution in [0.5, 0.6) is 5.75 Å². The Morgan fingerprint density at radius 1 is 0.962 bits per heavy atom. The molecule has 26 heavy (non-hydrogen) atoms. The zero-order chi connectivity index (χ0) is 18.5. The van der Waals surface area contributed by atoms with Crippen LogP contribution < -0.4 is 15.4 Å². The number of methoxy groups -OCH3 is 1. The first kappa shape index (κ1) is 18.0. The van der Waals surface area contributed by atoms with Gasteiger partial charge >= 0.3 is 0 Å². The number of rotatable bonds is 5. The average molecular weight is 388 g/mol. The zero-order valence-corrected chi connectivity index (χ0v) is 15.3. The van der Waals surface area contributed by atoms with Crippen LogP contribution in [-0.4, -0.2) is 18.0 Å². The molecule has 0 aliphatic carbocycles. The number of hydrogen-bond acceptors (Lipinski definition) is 4. The highest BCUT2D eigenvalue weighted by Gasteiger charge is 2.08. The second kappa shape index (κ2) is 8.08. The molecule has 3 rings (SSSR count). The van der Waals surface area contributed by atoms with E-state index in [-0.39, 0.29) is 5.91 Å². The number of nitrogens with zero attached hydrogens (tertiary/aromatic N) is 1. The van der Waals surface area contributed by atoms with Gasteiger partial charge in [-0.3, -0.25) is 4.79 Å². The number of halogens is 2. The maximum absolute atomic E-state index is 12.3. The molecule has 5 nitrogen and oxygen atoms in total. The Kier molecular flexibility index (Phi) is 5.61. The molecule has 7 heteroatoms. The van der Waals surface area contributed by atoms with Crippen LogP contribution >= 0.6 is 23.2 Å². The number of anilines is 3. The molecule has 1 heterocycles. The molecule has 0 aliphatic heterocycles. The molecule has 0 spiro atoms. The molecule has 3 aromatic rings. The van der Waals surface area contributed by atoms with Gasteiger partial charge in [0.15, 0.2) is 0 Å². The molecule has 0 fully saturated rings. The fourth-order valence-electron chi connectivity index (χ4n) is 2.29. The minimum Gasteiger partial charge on any atom is -0.497 e. The summed E-state index contributed by atoms with van der Waals surface area (Å²) in [5.74, 6) is 0.353. The molecule has 132 valence electrons. The van der Waals surface area contributed by atoms with Gasteiger partial charge < -0.3 is 15.4 Å². The van der Waals surface area contributed by atoms with E-state index in [1.54, 1.807) is 67.9 Å². The van der Waals surface area contributed by atoms with Crippen molar-refractivity contribution in [2.45, 2.75) is 0 Å². The normalized spacial score (nSPS) is 10.3. The van der Waals surface area contributed by atoms with Crippen molar-refractivity contribution in [1.82, 2.24) is 4.98 Å². The summed E-state index contributed by atoms with van der Waals surface area (Å²) in [5.41, 5.74) is 2.37. The first-order valence-corrected chi connectivity index (χ1v) is 8.43. The Morgan fingerprint density at radius 3 is 2.38 bits per heavy atom. The molecule has 0 atom stereocenters. The number of pyridine rings is 1. The molecule has 1 amide bonds. The summed E-state index contributed by atoms with van der Waals surface area (Å²) in [7, 11) is 1.57. The van der Waals surface area contributed by atoms with Gasteiger partial charge in [-0.25, -0.2) is 4.98 Å². The Bertz CT molecular complexity index is 910. The highest BCUT2D eigenvalue weighted by molar-refractivity contribution is 6.35. The van der Waals surface area contributed by atoms with Crippen molar-refractivity contribution >= 4 is 46.2 Å². The van der Waals surface area contributed by atoms with Gasteiger partial charge in [0.2, 0.25) is 0 Å². The molecule has 2 aromatic carbocycles. The van der Waals surface area contributed by atoms with Gasteiger partial charge in [-0.15, -0.1) is 0 Å². The highest BCUT2D eigenvalue weighted by Crippen LogP contribution is 2.25. The van der Waals surface area contributed by atoms with Crippen molar-refractivity contribution in [2.24, 2.45) is 0 Å². The molecule has 0 unspecified atom stereocenters. The monoisotopic (exact) mass is 387 g/mol. The first-order chi connectivity index (χ1) is 12.5. The number of aromatic nitrogens is 1. The number of amides is 1. The first-order valence-electron chi connectivity index (χ1n) is 7.68. The summed E-state index contributed by atoms with van der Waals surface area (Å²) < 4.78 is 5.14. The molecule has 0 bridgehead atoms. The number of ether oxygens (including phenoxy) is 1. The van der Waals surface area contributed by atoms with E-state index in [4.69, 9.17) is 27.9 Å². The molecule has 0 saturated heterocycles. The van der Waals surface area contributed by atoms with Crippen LogP contribution in [0.2, 0.25) is 10.0 Å². The minimum absolute atomic E-state index is 0.294. The van der Waals surface area contributed by atoms with Gasteiger partial charge in [0, 0.05) is 27.5 Å². The molecule has 1 aromatic heterocycles. The zero-order valence-electron chi connectivity index (χ0n) is 13.8. The van der Waals surface area contributed by atoms with Gasteiger partial charge in [-0.1, -0.05) is 29.3 Å². The minimum atomic E-state index is -0.310. The lowest BCUT2D eigenvalue weighted by atomic mass is 10.2. The summed E-state index contributed by atoms with van der Waals surface area (Å²) in [5, 5.41) is 6.98. The third-order valence-electron chi connectivity index (χ3n) is 3.47. The lowest BCUT2D eigenvalue weighted by Crippen LogP contribution is -2.13. The predicted molar refractivity (Wildman–Crippen MR) is 105 cm³/mol. The van der Waals surface area contributed by atoms with Crippen LogP contribution in [-0.2, 0) is 0 Å². The third-order valence-corrected chi connectivity index (χ3v) is 3.91. The number of hydrogen-bond donors (Lipinski definition) is 2. The van der Waals surface area contributed by atoms with Crippen molar-refractivity contribution in [3.8, 4) is 5.75 Å². The number of benzene rings is 2. The Labute approximate surface area is 160 Å². The van der Waals surface area contributed by atoms with E-state index in [2.05, 4.69) is 15.6 Å². The summed E-state index contributed by atoms with van der Waals surface area (Å²) in [6.45, 7) is 0. The standard InChI is InChI=1S/C19H15Cl2N3O2/c1-26-17-4-2-3-14(10-17)24-19(25)18-6-5-15(11-22-18)23-16-8-12(20)7-13(21)9-16/h2-11,23H,1H3,(H,24,25). The summed E-state index contributed by atoms with van der Waals surface area (Å²) in [6.07, 6.45) is 1.56. The van der Waals surface area contributed by atoms with Crippen LogP contribution in [0.4, 0.5) is 17.1 Å². The fourth-order valence-corrected chi connectivity index (χ4v) is 2.82. The third kappa shape index (κ3) is 4.65. The van der Waals surface area contributed by atoms with Crippen molar-refractivity contribution in [3.63, 3.8) is 0 Å². The van der Waals surface area contributed by atoms with Crippen molar-refractivity contribution in [2.75, 3.05) is 17.7 Å². The van der Waals surface area contributed by atoms with Gasteiger partial charge in [0.25, 0.3) is 5.91 Å². The largest absolute Gasteiger partial charge is 0.497 e. The summed E-state index contributed by atoms with van der Waals surface area (Å²) in [4.78, 5) is 16.5. The topological polar surface area (TPSA) is 63.2 Å². The van der Waals surface area contributed by atoms with E-state index in [0.717, 1.165) is 5.69 Å². The molecule has 0 saturated carbocycles. The van der Waals surface area contributed by atoms with Crippen molar-refractivity contribution in [3.05, 3.63) is 76.5 Å². The number of carbonyl (C=O) groups excluding carboxylic acids is 1. The maximum atomic E-state index is 12.3. The van der Waals surface area contributed by atoms with E-state index < -0.39 is 0 Å². The summed E-state index contributed by atoms with van der Waals surface area (Å²) in [6, 6.07) is 15.6. The molecule has 2 N–H and O–H groups in total. The SMILES string of the molecule is COc1cccc(NC(=O)c2ccc(Nc3cc(Cl)cc(Cl)c3)cn2)c1. The predicted octanol–water partition coefficient (Wildman–Crippen LogP) is 5.39. The van der Waals surface area contributed by atoms with Gasteiger partial charge in [0.1, 0.15) is 11.4 Å². The maximum Gasteiger partial charge on any atom is 0.274 e. The van der Waals surface area contributed by atoms with Gasteiger partial charge in [-0.05, 0) is 42.5 Å². The second-order valence-electron chi connectivity index (χ2n) is 5.40. The van der Waals surface area contributed by atoms with E-state index >= 15 is 0 Å². The van der Waals surface area contributed by atoms with Crippen LogP contribution in [0.3, 0.4) is 0 Å².